The van der Waals surface area contributed by atoms with Crippen LogP contribution in [0.5, 0.6) is 0 Å². The Labute approximate surface area is 220 Å². The minimum absolute atomic E-state index is 0.0416. The summed E-state index contributed by atoms with van der Waals surface area (Å²) in [6.45, 7) is 10.4. The molecule has 0 heterocycles. The van der Waals surface area contributed by atoms with E-state index in [1.54, 1.807) is 44.2 Å². The highest BCUT2D eigenvalue weighted by Gasteiger charge is 2.34. The Balaban J connectivity index is 2.54. The number of hydrogen-bond donors (Lipinski definition) is 1. The molecule has 0 radical (unpaired) electrons. The van der Waals surface area contributed by atoms with Gasteiger partial charge in [0.15, 0.2) is 0 Å². The van der Waals surface area contributed by atoms with Gasteiger partial charge in [0.2, 0.25) is 11.8 Å². The van der Waals surface area contributed by atoms with Gasteiger partial charge < -0.3 is 10.2 Å². The molecule has 0 bridgehead atoms. The summed E-state index contributed by atoms with van der Waals surface area (Å²) < 4.78 is 28.8. The molecule has 8 nitrogen and oxygen atoms in total. The van der Waals surface area contributed by atoms with E-state index >= 15 is 0 Å². The first-order valence-electron chi connectivity index (χ1n) is 11.7. The third-order valence-electron chi connectivity index (χ3n) is 5.62. The van der Waals surface area contributed by atoms with Gasteiger partial charge in [-0.2, -0.15) is 12.7 Å². The van der Waals surface area contributed by atoms with Gasteiger partial charge in [-0.3, -0.25) is 9.59 Å². The second-order valence-corrected chi connectivity index (χ2v) is 12.6. The molecule has 0 unspecified atom stereocenters. The van der Waals surface area contributed by atoms with Gasteiger partial charge in [-0.15, -0.1) is 0 Å². The summed E-state index contributed by atoms with van der Waals surface area (Å²) in [6, 6.07) is 11.6. The lowest BCUT2D eigenvalue weighted by atomic mass is 10.1. The lowest BCUT2D eigenvalue weighted by Crippen LogP contribution is -2.55. The summed E-state index contributed by atoms with van der Waals surface area (Å²) in [4.78, 5) is 28.2. The molecule has 2 rings (SSSR count). The molecule has 2 aromatic rings. The van der Waals surface area contributed by atoms with Gasteiger partial charge in [0.1, 0.15) is 12.6 Å². The number of aryl methyl sites for hydroxylation is 2. The van der Waals surface area contributed by atoms with Crippen LogP contribution in [-0.4, -0.2) is 61.7 Å². The molecule has 1 atom stereocenters. The number of halogens is 1. The molecule has 0 spiro atoms. The molecule has 36 heavy (non-hydrogen) atoms. The number of carbonyl (C=O) groups is 2. The molecular weight excluding hydrogens is 500 g/mol. The molecule has 198 valence electrons. The van der Waals surface area contributed by atoms with Crippen LogP contribution in [0.15, 0.2) is 42.5 Å². The van der Waals surface area contributed by atoms with Crippen molar-refractivity contribution in [1.29, 1.82) is 0 Å². The van der Waals surface area contributed by atoms with Crippen LogP contribution in [0.1, 0.15) is 44.4 Å². The maximum Gasteiger partial charge on any atom is 0.304 e. The highest BCUT2D eigenvalue weighted by molar-refractivity contribution is 7.90. The Bertz CT molecular complexity index is 1210. The van der Waals surface area contributed by atoms with E-state index in [2.05, 4.69) is 5.32 Å². The summed E-state index contributed by atoms with van der Waals surface area (Å²) in [5.41, 5.74) is 2.10. The predicted molar refractivity (Wildman–Crippen MR) is 145 cm³/mol. The fraction of sp³-hybridized carbons (Fsp3) is 0.462. The molecule has 0 aromatic heterocycles. The smallest absolute Gasteiger partial charge is 0.304 e. The molecule has 0 aliphatic heterocycles. The molecule has 10 heteroatoms. The van der Waals surface area contributed by atoms with Crippen LogP contribution in [-0.2, 0) is 26.3 Å². The van der Waals surface area contributed by atoms with E-state index in [4.69, 9.17) is 11.6 Å². The summed E-state index contributed by atoms with van der Waals surface area (Å²) in [5, 5.41) is 3.35. The van der Waals surface area contributed by atoms with E-state index < -0.39 is 34.2 Å². The van der Waals surface area contributed by atoms with E-state index in [1.807, 2.05) is 39.8 Å². The van der Waals surface area contributed by atoms with E-state index in [0.29, 0.717) is 21.8 Å². The molecule has 0 aliphatic rings. The van der Waals surface area contributed by atoms with Crippen molar-refractivity contribution in [2.75, 3.05) is 24.9 Å². The summed E-state index contributed by atoms with van der Waals surface area (Å²) in [5.74, 6) is -0.880. The minimum atomic E-state index is -4.02. The standard InChI is InChI=1S/C26H37ClN4O4S/c1-18-13-14-19(2)23(15-18)31(36(34,35)29(7)8)17-24(32)30(16-21-11-9-10-12-22(21)27)20(3)25(33)28-26(4,5)6/h9-15,20H,16-17H2,1-8H3,(H,28,33)/t20-/m1/s1. The van der Waals surface area contributed by atoms with Gasteiger partial charge in [-0.1, -0.05) is 41.9 Å². The average molecular weight is 537 g/mol. The number of amides is 2. The minimum Gasteiger partial charge on any atom is -0.350 e. The third-order valence-corrected chi connectivity index (χ3v) is 7.79. The molecular formula is C26H37ClN4O4S. The Morgan fingerprint density at radius 1 is 1.06 bits per heavy atom. The Morgan fingerprint density at radius 3 is 2.22 bits per heavy atom. The number of nitrogens with one attached hydrogen (secondary N) is 1. The summed E-state index contributed by atoms with van der Waals surface area (Å²) in [7, 11) is -1.19. The normalized spacial score (nSPS) is 12.8. The number of rotatable bonds is 9. The van der Waals surface area contributed by atoms with Crippen LogP contribution in [0.2, 0.25) is 5.02 Å². The Hall–Kier alpha value is -2.62. The fourth-order valence-corrected chi connectivity index (χ4v) is 4.87. The van der Waals surface area contributed by atoms with Gasteiger partial charge in [-0.05, 0) is 70.4 Å². The first-order valence-corrected chi connectivity index (χ1v) is 13.4. The second-order valence-electron chi connectivity index (χ2n) is 10.1. The average Bonchev–Trinajstić information content (AvgIpc) is 2.76. The number of benzene rings is 2. The number of anilines is 1. The van der Waals surface area contributed by atoms with Crippen LogP contribution >= 0.6 is 11.6 Å². The van der Waals surface area contributed by atoms with Crippen molar-refractivity contribution >= 4 is 39.3 Å². The van der Waals surface area contributed by atoms with Gasteiger partial charge in [-0.25, -0.2) is 4.31 Å². The Kier molecular flexibility index (Phi) is 9.56. The van der Waals surface area contributed by atoms with Crippen molar-refractivity contribution in [3.05, 3.63) is 64.2 Å². The largest absolute Gasteiger partial charge is 0.350 e. The first kappa shape index (κ1) is 29.6. The number of hydrogen-bond acceptors (Lipinski definition) is 4. The zero-order chi connectivity index (χ0) is 27.4. The van der Waals surface area contributed by atoms with Gasteiger partial charge >= 0.3 is 10.2 Å². The zero-order valence-corrected chi connectivity index (χ0v) is 23.9. The fourth-order valence-electron chi connectivity index (χ4n) is 3.56. The summed E-state index contributed by atoms with van der Waals surface area (Å²) >= 11 is 6.37. The van der Waals surface area contributed by atoms with Gasteiger partial charge in [0.05, 0.1) is 5.69 Å². The Morgan fingerprint density at radius 2 is 1.67 bits per heavy atom. The van der Waals surface area contributed by atoms with Crippen LogP contribution < -0.4 is 9.62 Å². The molecule has 1 N–H and O–H groups in total. The molecule has 2 amide bonds. The van der Waals surface area contributed by atoms with E-state index in [1.165, 1.54) is 19.0 Å². The monoisotopic (exact) mass is 536 g/mol. The predicted octanol–water partition coefficient (Wildman–Crippen LogP) is 3.90. The molecule has 2 aromatic carbocycles. The number of nitrogens with zero attached hydrogens (tertiary/aromatic N) is 3. The first-order chi connectivity index (χ1) is 16.5. The molecule has 0 aliphatic carbocycles. The SMILES string of the molecule is Cc1ccc(C)c(N(CC(=O)N(Cc2ccccc2Cl)[C@H](C)C(=O)NC(C)(C)C)S(=O)(=O)N(C)C)c1. The van der Waals surface area contributed by atoms with E-state index in [0.717, 1.165) is 14.2 Å². The van der Waals surface area contributed by atoms with Crippen molar-refractivity contribution < 1.29 is 18.0 Å². The van der Waals surface area contributed by atoms with E-state index in [-0.39, 0.29) is 12.5 Å². The highest BCUT2D eigenvalue weighted by Crippen LogP contribution is 2.26. The molecule has 0 fully saturated rings. The van der Waals surface area contributed by atoms with Crippen molar-refractivity contribution in [3.8, 4) is 0 Å². The lowest BCUT2D eigenvalue weighted by molar-refractivity contribution is -0.140. The number of carbonyl (C=O) groups excluding carboxylic acids is 2. The van der Waals surface area contributed by atoms with Gasteiger partial charge in [0.25, 0.3) is 0 Å². The maximum atomic E-state index is 13.8. The quantitative estimate of drug-likeness (QED) is 0.526. The topological polar surface area (TPSA) is 90.0 Å². The van der Waals surface area contributed by atoms with Crippen LogP contribution in [0, 0.1) is 13.8 Å². The highest BCUT2D eigenvalue weighted by atomic mass is 35.5. The second kappa shape index (κ2) is 11.6. The molecule has 0 saturated carbocycles. The summed E-state index contributed by atoms with van der Waals surface area (Å²) in [6.07, 6.45) is 0. The lowest BCUT2D eigenvalue weighted by Gasteiger charge is -2.34. The van der Waals surface area contributed by atoms with Gasteiger partial charge in [0, 0.05) is 31.2 Å². The third kappa shape index (κ3) is 7.44. The zero-order valence-electron chi connectivity index (χ0n) is 22.3. The maximum absolute atomic E-state index is 13.8. The van der Waals surface area contributed by atoms with Crippen LogP contribution in [0.3, 0.4) is 0 Å². The van der Waals surface area contributed by atoms with Crippen molar-refractivity contribution in [2.24, 2.45) is 0 Å². The molecule has 0 saturated heterocycles. The van der Waals surface area contributed by atoms with Crippen molar-refractivity contribution in [1.82, 2.24) is 14.5 Å². The van der Waals surface area contributed by atoms with E-state index in [9.17, 15) is 18.0 Å². The van der Waals surface area contributed by atoms with Crippen LogP contribution in [0.25, 0.3) is 0 Å². The van der Waals surface area contributed by atoms with Crippen LogP contribution in [0.4, 0.5) is 5.69 Å². The van der Waals surface area contributed by atoms with Crippen molar-refractivity contribution in [2.45, 2.75) is 59.7 Å². The van der Waals surface area contributed by atoms with Crippen molar-refractivity contribution in [3.63, 3.8) is 0 Å².